The van der Waals surface area contributed by atoms with Gasteiger partial charge >= 0.3 is 0 Å². The van der Waals surface area contributed by atoms with Crippen molar-refractivity contribution in [2.75, 3.05) is 11.9 Å². The van der Waals surface area contributed by atoms with Gasteiger partial charge in [-0.2, -0.15) is 0 Å². The lowest BCUT2D eigenvalue weighted by Crippen LogP contribution is -2.27. The van der Waals surface area contributed by atoms with Crippen molar-refractivity contribution in [1.29, 1.82) is 0 Å². The number of amides is 1. The zero-order chi connectivity index (χ0) is 17.6. The first-order valence-corrected chi connectivity index (χ1v) is 8.17. The number of benzene rings is 2. The molecule has 3 rings (SSSR count). The van der Waals surface area contributed by atoms with E-state index in [1.165, 1.54) is 0 Å². The molecule has 5 heteroatoms. The third-order valence-corrected chi connectivity index (χ3v) is 3.75. The second-order valence-corrected chi connectivity index (χ2v) is 5.64. The fraction of sp³-hybridized carbons (Fsp3) is 0.200. The summed E-state index contributed by atoms with van der Waals surface area (Å²) in [6, 6.07) is 15.0. The van der Waals surface area contributed by atoms with Crippen molar-refractivity contribution < 1.29 is 13.9 Å². The highest BCUT2D eigenvalue weighted by molar-refractivity contribution is 5.94. The summed E-state index contributed by atoms with van der Waals surface area (Å²) in [4.78, 5) is 16.5. The van der Waals surface area contributed by atoms with E-state index >= 15 is 0 Å². The average molecular weight is 336 g/mol. The zero-order valence-corrected chi connectivity index (χ0v) is 14.1. The number of aromatic nitrogens is 1. The molecule has 128 valence electrons. The molecule has 1 unspecified atom stereocenters. The molecule has 1 atom stereocenters. The lowest BCUT2D eigenvalue weighted by molar-refractivity contribution is -0.126. The van der Waals surface area contributed by atoms with Gasteiger partial charge in [0.1, 0.15) is 11.6 Å². The fourth-order valence-electron chi connectivity index (χ4n) is 2.34. The Hall–Kier alpha value is -2.92. The van der Waals surface area contributed by atoms with E-state index in [-0.39, 0.29) is 5.91 Å². The minimum atomic E-state index is -0.517. The van der Waals surface area contributed by atoms with Gasteiger partial charge in [0.2, 0.25) is 5.89 Å². The van der Waals surface area contributed by atoms with Crippen molar-refractivity contribution >= 4 is 22.7 Å². The largest absolute Gasteiger partial charge is 0.436 e. The van der Waals surface area contributed by atoms with Crippen LogP contribution in [0.2, 0.25) is 0 Å². The molecule has 0 spiro atoms. The van der Waals surface area contributed by atoms with Gasteiger partial charge in [0.05, 0.1) is 6.61 Å². The second-order valence-electron chi connectivity index (χ2n) is 5.64. The predicted molar refractivity (Wildman–Crippen MR) is 98.3 cm³/mol. The maximum Gasteiger partial charge on any atom is 0.253 e. The SMILES string of the molecule is C=CCCOC(C)C(=O)Nc1ccc(-c2nc3ccccc3o2)cc1. The van der Waals surface area contributed by atoms with E-state index < -0.39 is 6.10 Å². The van der Waals surface area contributed by atoms with Crippen LogP contribution in [0, 0.1) is 0 Å². The molecule has 0 aliphatic carbocycles. The first-order chi connectivity index (χ1) is 12.2. The summed E-state index contributed by atoms with van der Waals surface area (Å²) in [5.74, 6) is 0.374. The smallest absolute Gasteiger partial charge is 0.253 e. The van der Waals surface area contributed by atoms with Crippen molar-refractivity contribution in [3.8, 4) is 11.5 Å². The number of hydrogen-bond acceptors (Lipinski definition) is 4. The normalized spacial score (nSPS) is 12.0. The van der Waals surface area contributed by atoms with Gasteiger partial charge in [-0.25, -0.2) is 4.98 Å². The predicted octanol–water partition coefficient (Wildman–Crippen LogP) is 4.41. The third-order valence-electron chi connectivity index (χ3n) is 3.75. The van der Waals surface area contributed by atoms with Gasteiger partial charge in [-0.3, -0.25) is 4.79 Å². The average Bonchev–Trinajstić information content (AvgIpc) is 3.06. The topological polar surface area (TPSA) is 64.4 Å². The van der Waals surface area contributed by atoms with Crippen LogP contribution in [-0.2, 0) is 9.53 Å². The van der Waals surface area contributed by atoms with Gasteiger partial charge in [0.25, 0.3) is 5.91 Å². The summed E-state index contributed by atoms with van der Waals surface area (Å²) < 4.78 is 11.2. The number of para-hydroxylation sites is 2. The third kappa shape index (κ3) is 4.14. The van der Waals surface area contributed by atoms with Crippen LogP contribution in [0.3, 0.4) is 0 Å². The molecule has 2 aromatic carbocycles. The lowest BCUT2D eigenvalue weighted by atomic mass is 10.2. The number of ether oxygens (including phenoxy) is 1. The second kappa shape index (κ2) is 7.77. The summed E-state index contributed by atoms with van der Waals surface area (Å²) in [6.45, 7) is 5.83. The van der Waals surface area contributed by atoms with Crippen LogP contribution >= 0.6 is 0 Å². The van der Waals surface area contributed by atoms with Crippen molar-refractivity contribution in [1.82, 2.24) is 4.98 Å². The molecular weight excluding hydrogens is 316 g/mol. The highest BCUT2D eigenvalue weighted by atomic mass is 16.5. The molecule has 0 saturated heterocycles. The molecule has 1 amide bonds. The molecule has 3 aromatic rings. The van der Waals surface area contributed by atoms with E-state index in [0.29, 0.717) is 18.2 Å². The number of hydrogen-bond donors (Lipinski definition) is 1. The molecule has 0 aliphatic rings. The molecule has 0 bridgehead atoms. The Labute approximate surface area is 146 Å². The molecule has 0 saturated carbocycles. The molecular formula is C20H20N2O3. The molecule has 0 aliphatic heterocycles. The van der Waals surface area contributed by atoms with Crippen LogP contribution in [0.5, 0.6) is 0 Å². The van der Waals surface area contributed by atoms with Crippen LogP contribution in [0.1, 0.15) is 13.3 Å². The van der Waals surface area contributed by atoms with Crippen molar-refractivity contribution in [3.05, 3.63) is 61.2 Å². The van der Waals surface area contributed by atoms with Gasteiger partial charge in [0.15, 0.2) is 5.58 Å². The van der Waals surface area contributed by atoms with Gasteiger partial charge in [0, 0.05) is 11.3 Å². The Bertz CT molecular complexity index is 835. The number of carbonyl (C=O) groups excluding carboxylic acids is 1. The van der Waals surface area contributed by atoms with Crippen molar-refractivity contribution in [3.63, 3.8) is 0 Å². The summed E-state index contributed by atoms with van der Waals surface area (Å²) in [5.41, 5.74) is 3.12. The number of anilines is 1. The number of rotatable bonds is 7. The van der Waals surface area contributed by atoms with Crippen LogP contribution in [0.25, 0.3) is 22.6 Å². The summed E-state index contributed by atoms with van der Waals surface area (Å²) in [5, 5.41) is 2.83. The van der Waals surface area contributed by atoms with Gasteiger partial charge in [-0.15, -0.1) is 6.58 Å². The Morgan fingerprint density at radius 1 is 1.28 bits per heavy atom. The van der Waals surface area contributed by atoms with Gasteiger partial charge < -0.3 is 14.5 Å². The molecule has 1 aromatic heterocycles. The maximum absolute atomic E-state index is 12.1. The molecule has 0 radical (unpaired) electrons. The van der Waals surface area contributed by atoms with Crippen LogP contribution < -0.4 is 5.32 Å². The quantitative estimate of drug-likeness (QED) is 0.512. The first-order valence-electron chi connectivity index (χ1n) is 8.17. The Balaban J connectivity index is 1.65. The van der Waals surface area contributed by atoms with E-state index in [9.17, 15) is 4.79 Å². The number of nitrogens with one attached hydrogen (secondary N) is 1. The molecule has 1 heterocycles. The summed E-state index contributed by atoms with van der Waals surface area (Å²) in [7, 11) is 0. The number of oxazole rings is 1. The van der Waals surface area contributed by atoms with E-state index in [4.69, 9.17) is 9.15 Å². The van der Waals surface area contributed by atoms with E-state index in [0.717, 1.165) is 23.1 Å². The highest BCUT2D eigenvalue weighted by Gasteiger charge is 2.13. The fourth-order valence-corrected chi connectivity index (χ4v) is 2.34. The van der Waals surface area contributed by atoms with Crippen LogP contribution in [0.4, 0.5) is 5.69 Å². The molecule has 1 N–H and O–H groups in total. The Kier molecular flexibility index (Phi) is 5.26. The molecule has 0 fully saturated rings. The van der Waals surface area contributed by atoms with Crippen molar-refractivity contribution in [2.45, 2.75) is 19.4 Å². The minimum Gasteiger partial charge on any atom is -0.436 e. The van der Waals surface area contributed by atoms with E-state index in [1.807, 2.05) is 48.5 Å². The van der Waals surface area contributed by atoms with Gasteiger partial charge in [-0.05, 0) is 49.7 Å². The number of nitrogens with zero attached hydrogens (tertiary/aromatic N) is 1. The Morgan fingerprint density at radius 2 is 2.04 bits per heavy atom. The summed E-state index contributed by atoms with van der Waals surface area (Å²) in [6.07, 6.45) is 1.96. The first kappa shape index (κ1) is 16.9. The number of carbonyl (C=O) groups is 1. The summed E-state index contributed by atoms with van der Waals surface area (Å²) >= 11 is 0. The maximum atomic E-state index is 12.1. The molecule has 5 nitrogen and oxygen atoms in total. The van der Waals surface area contributed by atoms with Crippen LogP contribution in [-0.4, -0.2) is 23.6 Å². The monoisotopic (exact) mass is 336 g/mol. The highest BCUT2D eigenvalue weighted by Crippen LogP contribution is 2.25. The van der Waals surface area contributed by atoms with E-state index in [1.54, 1.807) is 13.0 Å². The molecule has 25 heavy (non-hydrogen) atoms. The van der Waals surface area contributed by atoms with Gasteiger partial charge in [-0.1, -0.05) is 18.2 Å². The number of fused-ring (bicyclic) bond motifs is 1. The lowest BCUT2D eigenvalue weighted by Gasteiger charge is -2.13. The van der Waals surface area contributed by atoms with E-state index in [2.05, 4.69) is 16.9 Å². The minimum absolute atomic E-state index is 0.182. The standard InChI is InChI=1S/C20H20N2O3/c1-3-4-13-24-14(2)19(23)21-16-11-9-15(10-12-16)20-22-17-7-5-6-8-18(17)25-20/h3,5-12,14H,1,4,13H2,2H3,(H,21,23). The zero-order valence-electron chi connectivity index (χ0n) is 14.1. The Morgan fingerprint density at radius 3 is 2.76 bits per heavy atom. The van der Waals surface area contributed by atoms with Crippen molar-refractivity contribution in [2.24, 2.45) is 0 Å². The van der Waals surface area contributed by atoms with Crippen LogP contribution in [0.15, 0.2) is 65.6 Å².